The van der Waals surface area contributed by atoms with Crippen LogP contribution < -0.4 is 0 Å². The highest BCUT2D eigenvalue weighted by molar-refractivity contribution is 4.94. The van der Waals surface area contributed by atoms with Crippen molar-refractivity contribution in [1.29, 1.82) is 0 Å². The summed E-state index contributed by atoms with van der Waals surface area (Å²) in [5.74, 6) is 1.71. The lowest BCUT2D eigenvalue weighted by Gasteiger charge is -2.33. The summed E-state index contributed by atoms with van der Waals surface area (Å²) < 4.78 is 24.8. The molecule has 0 amide bonds. The van der Waals surface area contributed by atoms with Gasteiger partial charge in [-0.25, -0.2) is 0 Å². The van der Waals surface area contributed by atoms with Crippen LogP contribution in [0.25, 0.3) is 0 Å². The van der Waals surface area contributed by atoms with Gasteiger partial charge >= 0.3 is 6.16 Å². The first-order valence-corrected chi connectivity index (χ1v) is 15.0. The molecule has 4 heteroatoms. The lowest BCUT2D eigenvalue weighted by molar-refractivity contribution is -0.499. The van der Waals surface area contributed by atoms with E-state index in [2.05, 4.69) is 80.5 Å². The Kier molecular flexibility index (Phi) is 21.4. The summed E-state index contributed by atoms with van der Waals surface area (Å²) >= 11 is 0. The van der Waals surface area contributed by atoms with E-state index in [1.54, 1.807) is 0 Å². The molecule has 37 heavy (non-hydrogen) atoms. The number of ether oxygens (including phenoxy) is 4. The van der Waals surface area contributed by atoms with Crippen molar-refractivity contribution in [3.63, 3.8) is 0 Å². The number of rotatable bonds is 23. The Morgan fingerprint density at radius 2 is 0.811 bits per heavy atom. The second-order valence-electron chi connectivity index (χ2n) is 11.7. The minimum atomic E-state index is -1.41. The smallest absolute Gasteiger partial charge is 0.304 e. The van der Waals surface area contributed by atoms with Crippen molar-refractivity contribution in [2.45, 2.75) is 133 Å². The molecule has 0 aliphatic rings. The van der Waals surface area contributed by atoms with E-state index in [0.717, 1.165) is 57.8 Å². The maximum absolute atomic E-state index is 6.26. The molecule has 0 heterocycles. The maximum atomic E-state index is 6.26. The zero-order valence-electron chi connectivity index (χ0n) is 26.3. The van der Waals surface area contributed by atoms with Crippen LogP contribution in [0.3, 0.4) is 0 Å². The third-order valence-electron chi connectivity index (χ3n) is 6.63. The SMILES string of the molecule is CCOC(OCCC(C)CCC=C(C)C)(OCCC(C)CCC=C(C)C)OCCC(C)CCC=C(C)C. The summed E-state index contributed by atoms with van der Waals surface area (Å²) in [5, 5.41) is 0. The molecule has 0 bridgehead atoms. The van der Waals surface area contributed by atoms with Crippen LogP contribution in [-0.4, -0.2) is 32.6 Å². The third-order valence-corrected chi connectivity index (χ3v) is 6.63. The van der Waals surface area contributed by atoms with Crippen LogP contribution in [-0.2, 0) is 18.9 Å². The lowest BCUT2D eigenvalue weighted by atomic mass is 10.0. The van der Waals surface area contributed by atoms with Crippen LogP contribution in [0.5, 0.6) is 0 Å². The number of allylic oxidation sites excluding steroid dienone is 6. The van der Waals surface area contributed by atoms with Gasteiger partial charge in [0.15, 0.2) is 0 Å². The van der Waals surface area contributed by atoms with E-state index in [1.807, 2.05) is 6.92 Å². The normalized spacial score (nSPS) is 15.4. The predicted molar refractivity (Wildman–Crippen MR) is 160 cm³/mol. The molecule has 0 aromatic rings. The Hall–Kier alpha value is -0.940. The van der Waals surface area contributed by atoms with Crippen molar-refractivity contribution in [2.75, 3.05) is 26.4 Å². The van der Waals surface area contributed by atoms with E-state index in [0.29, 0.717) is 44.2 Å². The van der Waals surface area contributed by atoms with Gasteiger partial charge in [0.1, 0.15) is 0 Å². The quantitative estimate of drug-likeness (QED) is 0.0988. The molecule has 3 atom stereocenters. The van der Waals surface area contributed by atoms with Gasteiger partial charge in [0, 0.05) is 0 Å². The predicted octanol–water partition coefficient (Wildman–Crippen LogP) is 10.0. The van der Waals surface area contributed by atoms with E-state index >= 15 is 0 Å². The highest BCUT2D eigenvalue weighted by Gasteiger charge is 2.35. The molecule has 0 saturated heterocycles. The van der Waals surface area contributed by atoms with Crippen LogP contribution in [0.4, 0.5) is 0 Å². The highest BCUT2D eigenvalue weighted by Crippen LogP contribution is 2.24. The van der Waals surface area contributed by atoms with Crippen LogP contribution in [0.2, 0.25) is 0 Å². The van der Waals surface area contributed by atoms with Crippen molar-refractivity contribution in [3.05, 3.63) is 34.9 Å². The van der Waals surface area contributed by atoms with Gasteiger partial charge in [-0.05, 0) is 124 Å². The summed E-state index contributed by atoms with van der Waals surface area (Å²) in [5.41, 5.74) is 4.14. The van der Waals surface area contributed by atoms with E-state index < -0.39 is 6.16 Å². The van der Waals surface area contributed by atoms with Gasteiger partial charge in [-0.15, -0.1) is 0 Å². The summed E-state index contributed by atoms with van der Waals surface area (Å²) in [6, 6.07) is 0. The fourth-order valence-corrected chi connectivity index (χ4v) is 3.98. The Balaban J connectivity index is 4.98. The summed E-state index contributed by atoms with van der Waals surface area (Å²) in [4.78, 5) is 0. The zero-order valence-corrected chi connectivity index (χ0v) is 26.3. The monoisotopic (exact) mass is 522 g/mol. The van der Waals surface area contributed by atoms with Crippen LogP contribution >= 0.6 is 0 Å². The van der Waals surface area contributed by atoms with Crippen LogP contribution in [0, 0.1) is 17.8 Å². The molecular formula is C33H62O4. The van der Waals surface area contributed by atoms with E-state index in [-0.39, 0.29) is 0 Å². The Morgan fingerprint density at radius 1 is 0.514 bits per heavy atom. The molecule has 0 saturated carbocycles. The fourth-order valence-electron chi connectivity index (χ4n) is 3.98. The van der Waals surface area contributed by atoms with Gasteiger partial charge in [-0.2, -0.15) is 0 Å². The minimum absolute atomic E-state index is 0.475. The largest absolute Gasteiger partial charge is 0.412 e. The maximum Gasteiger partial charge on any atom is 0.412 e. The average Bonchev–Trinajstić information content (AvgIpc) is 2.78. The second kappa shape index (κ2) is 21.9. The van der Waals surface area contributed by atoms with Crippen molar-refractivity contribution in [3.8, 4) is 0 Å². The van der Waals surface area contributed by atoms with Crippen molar-refractivity contribution in [2.24, 2.45) is 17.8 Å². The van der Waals surface area contributed by atoms with Gasteiger partial charge in [-0.3, -0.25) is 0 Å². The standard InChI is InChI=1S/C33H62O4/c1-11-34-33(35-24-21-30(8)18-12-15-27(2)3,36-25-22-31(9)19-13-16-28(4)5)37-26-23-32(10)20-14-17-29(6)7/h15-17,30-32H,11-14,18-26H2,1-10H3. The van der Waals surface area contributed by atoms with Gasteiger partial charge in [0.25, 0.3) is 0 Å². The van der Waals surface area contributed by atoms with Gasteiger partial charge in [-0.1, -0.05) is 55.7 Å². The van der Waals surface area contributed by atoms with Crippen molar-refractivity contribution >= 4 is 0 Å². The first-order chi connectivity index (χ1) is 17.5. The topological polar surface area (TPSA) is 36.9 Å². The molecule has 0 spiro atoms. The molecule has 0 radical (unpaired) electrons. The third kappa shape index (κ3) is 21.7. The fraction of sp³-hybridized carbons (Fsp3) is 0.818. The van der Waals surface area contributed by atoms with Gasteiger partial charge in [0.2, 0.25) is 0 Å². The number of hydrogen-bond donors (Lipinski definition) is 0. The molecule has 4 nitrogen and oxygen atoms in total. The minimum Gasteiger partial charge on any atom is -0.304 e. The Morgan fingerprint density at radius 3 is 1.05 bits per heavy atom. The van der Waals surface area contributed by atoms with E-state index in [9.17, 15) is 0 Å². The molecule has 0 aromatic heterocycles. The highest BCUT2D eigenvalue weighted by atomic mass is 17.0. The van der Waals surface area contributed by atoms with E-state index in [1.165, 1.54) is 16.7 Å². The molecule has 0 aliphatic carbocycles. The molecule has 218 valence electrons. The summed E-state index contributed by atoms with van der Waals surface area (Å²) in [6.45, 7) is 23.9. The van der Waals surface area contributed by atoms with E-state index in [4.69, 9.17) is 18.9 Å². The molecule has 0 N–H and O–H groups in total. The first-order valence-electron chi connectivity index (χ1n) is 15.0. The van der Waals surface area contributed by atoms with Crippen molar-refractivity contribution < 1.29 is 18.9 Å². The molecular weight excluding hydrogens is 460 g/mol. The molecule has 0 aromatic carbocycles. The summed E-state index contributed by atoms with van der Waals surface area (Å²) in [6.07, 6.45) is 15.2. The van der Waals surface area contributed by atoms with Gasteiger partial charge < -0.3 is 18.9 Å². The Labute approximate surface area is 231 Å². The molecule has 0 aliphatic heterocycles. The van der Waals surface area contributed by atoms with Gasteiger partial charge in [0.05, 0.1) is 26.4 Å². The van der Waals surface area contributed by atoms with Crippen LogP contribution in [0.1, 0.15) is 127 Å². The Bertz CT molecular complexity index is 553. The summed E-state index contributed by atoms with van der Waals surface area (Å²) in [7, 11) is 0. The number of hydrogen-bond acceptors (Lipinski definition) is 4. The molecule has 0 fully saturated rings. The average molecular weight is 523 g/mol. The van der Waals surface area contributed by atoms with Crippen LogP contribution in [0.15, 0.2) is 34.9 Å². The first kappa shape index (κ1) is 36.1. The molecule has 0 rings (SSSR count). The second-order valence-corrected chi connectivity index (χ2v) is 11.7. The zero-order chi connectivity index (χ0) is 28.1. The van der Waals surface area contributed by atoms with Crippen molar-refractivity contribution in [1.82, 2.24) is 0 Å². The molecule has 3 unspecified atom stereocenters. The lowest BCUT2D eigenvalue weighted by Crippen LogP contribution is -2.43.